The lowest BCUT2D eigenvalue weighted by Gasteiger charge is -2.21. The molecule has 73 heavy (non-hydrogen) atoms. The summed E-state index contributed by atoms with van der Waals surface area (Å²) in [4.78, 5) is 29.5. The summed E-state index contributed by atoms with van der Waals surface area (Å²) < 4.78 is 8.12. The number of thiophene rings is 4. The normalized spacial score (nSPS) is 14.2. The predicted octanol–water partition coefficient (Wildman–Crippen LogP) is 19.7. The number of nitrogens with zero attached hydrogens (tertiary/aromatic N) is 2. The van der Waals surface area contributed by atoms with Crippen LogP contribution in [0.1, 0.15) is 184 Å². The molecule has 6 heterocycles. The number of benzene rings is 2. The summed E-state index contributed by atoms with van der Waals surface area (Å²) >= 11 is 7.71. The van der Waals surface area contributed by atoms with Crippen LogP contribution in [0, 0.1) is 11.3 Å². The average Bonchev–Trinajstić information content (AvgIpc) is 4.27. The maximum absolute atomic E-state index is 13.3. The molecule has 1 saturated heterocycles. The summed E-state index contributed by atoms with van der Waals surface area (Å²) in [6.45, 7) is 13.0. The number of nitrogens with one attached hydrogen (secondary N) is 1. The Bertz CT molecular complexity index is 2950. The van der Waals surface area contributed by atoms with Gasteiger partial charge in [-0.1, -0.05) is 129 Å². The zero-order chi connectivity index (χ0) is 50.9. The van der Waals surface area contributed by atoms with Crippen LogP contribution in [-0.2, 0) is 46.6 Å². The molecular weight excluding hydrogens is 975 g/mol. The van der Waals surface area contributed by atoms with Crippen molar-refractivity contribution < 1.29 is 14.4 Å². The summed E-state index contributed by atoms with van der Waals surface area (Å²) in [5, 5.41) is 12.9. The summed E-state index contributed by atoms with van der Waals surface area (Å²) in [5.41, 5.74) is 12.3. The molecule has 10 heteroatoms. The van der Waals surface area contributed by atoms with E-state index in [0.29, 0.717) is 6.61 Å². The zero-order valence-corrected chi connectivity index (χ0v) is 47.7. The van der Waals surface area contributed by atoms with Crippen LogP contribution in [-0.4, -0.2) is 23.4 Å². The highest BCUT2D eigenvalue weighted by atomic mass is 32.1. The Morgan fingerprint density at radius 3 is 1.68 bits per heavy atom. The molecule has 1 unspecified atom stereocenters. The molecule has 1 atom stereocenters. The van der Waals surface area contributed by atoms with Gasteiger partial charge in [-0.25, -0.2) is 10.3 Å². The molecule has 1 N–H and O–H groups in total. The Balaban J connectivity index is 1.19. The molecular formula is C63H79N3O3S4. The van der Waals surface area contributed by atoms with Gasteiger partial charge in [-0.15, -0.1) is 45.3 Å². The summed E-state index contributed by atoms with van der Waals surface area (Å²) in [7, 11) is 0. The molecule has 1 fully saturated rings. The van der Waals surface area contributed by atoms with Gasteiger partial charge in [0.1, 0.15) is 11.6 Å². The molecule has 1 aliphatic heterocycles. The SMILES string of the molecule is CCCCCCc1cc(-c2sc(-c3sc(-c4sc(/C=C(\C#N)C(=O)NOC5CCCCO5)cc4CCCCCC)cc3CCCCCC)cc2CCCCCC)sc1-c1ccc2c(c1)c1ccccc1n2CC. The van der Waals surface area contributed by atoms with Crippen LogP contribution in [0.15, 0.2) is 72.3 Å². The maximum Gasteiger partial charge on any atom is 0.285 e. The number of ether oxygens (including phenoxy) is 1. The molecule has 388 valence electrons. The van der Waals surface area contributed by atoms with E-state index < -0.39 is 12.2 Å². The number of amides is 1. The van der Waals surface area contributed by atoms with Crippen molar-refractivity contribution in [1.82, 2.24) is 10.0 Å². The van der Waals surface area contributed by atoms with Crippen molar-refractivity contribution in [3.05, 3.63) is 99.4 Å². The molecule has 0 radical (unpaired) electrons. The van der Waals surface area contributed by atoms with Crippen molar-refractivity contribution in [3.8, 4) is 45.8 Å². The second-order valence-electron chi connectivity index (χ2n) is 20.1. The first-order valence-electron chi connectivity index (χ1n) is 28.1. The van der Waals surface area contributed by atoms with Gasteiger partial charge in [-0.3, -0.25) is 4.79 Å². The van der Waals surface area contributed by atoms with Crippen molar-refractivity contribution in [2.45, 2.75) is 195 Å². The van der Waals surface area contributed by atoms with E-state index in [9.17, 15) is 10.1 Å². The predicted molar refractivity (Wildman–Crippen MR) is 316 cm³/mol. The lowest BCUT2D eigenvalue weighted by molar-refractivity contribution is -0.198. The van der Waals surface area contributed by atoms with E-state index >= 15 is 0 Å². The smallest absolute Gasteiger partial charge is 0.285 e. The van der Waals surface area contributed by atoms with E-state index in [4.69, 9.17) is 9.57 Å². The van der Waals surface area contributed by atoms with Crippen molar-refractivity contribution >= 4 is 79.1 Å². The number of carbonyl (C=O) groups is 1. The highest BCUT2D eigenvalue weighted by molar-refractivity contribution is 7.29. The van der Waals surface area contributed by atoms with Gasteiger partial charge in [0, 0.05) is 80.4 Å². The van der Waals surface area contributed by atoms with E-state index in [0.717, 1.165) is 62.8 Å². The number of aromatic nitrogens is 1. The molecule has 0 spiro atoms. The molecule has 0 aliphatic carbocycles. The van der Waals surface area contributed by atoms with Crippen LogP contribution >= 0.6 is 45.3 Å². The quantitative estimate of drug-likeness (QED) is 0.0219. The van der Waals surface area contributed by atoms with E-state index in [1.807, 2.05) is 34.0 Å². The minimum atomic E-state index is -0.536. The van der Waals surface area contributed by atoms with Gasteiger partial charge in [0.2, 0.25) is 0 Å². The number of fused-ring (bicyclic) bond motifs is 3. The molecule has 1 amide bonds. The molecule has 1 aliphatic rings. The average molecular weight is 1050 g/mol. The topological polar surface area (TPSA) is 76.3 Å². The number of hydrogen-bond donors (Lipinski definition) is 1. The van der Waals surface area contributed by atoms with Gasteiger partial charge in [-0.2, -0.15) is 5.26 Å². The van der Waals surface area contributed by atoms with Crippen LogP contribution < -0.4 is 5.48 Å². The molecule has 8 rings (SSSR count). The van der Waals surface area contributed by atoms with Crippen molar-refractivity contribution in [3.63, 3.8) is 0 Å². The summed E-state index contributed by atoms with van der Waals surface area (Å²) in [6, 6.07) is 28.2. The van der Waals surface area contributed by atoms with Crippen LogP contribution in [0.4, 0.5) is 0 Å². The van der Waals surface area contributed by atoms with Crippen LogP contribution in [0.5, 0.6) is 0 Å². The number of aryl methyl sites for hydroxylation is 5. The minimum absolute atomic E-state index is 0.0349. The van der Waals surface area contributed by atoms with Gasteiger partial charge in [0.15, 0.2) is 6.29 Å². The number of rotatable bonds is 29. The summed E-state index contributed by atoms with van der Waals surface area (Å²) in [5.74, 6) is -0.536. The second kappa shape index (κ2) is 28.0. The third-order valence-corrected chi connectivity index (χ3v) is 19.8. The Morgan fingerprint density at radius 2 is 1.15 bits per heavy atom. The van der Waals surface area contributed by atoms with Crippen molar-refractivity contribution in [1.29, 1.82) is 5.26 Å². The molecule has 6 nitrogen and oxygen atoms in total. The molecule has 0 saturated carbocycles. The Labute approximate surface area is 452 Å². The first kappa shape index (κ1) is 54.9. The number of hydroxylamine groups is 1. The Morgan fingerprint density at radius 1 is 0.630 bits per heavy atom. The number of hydrogen-bond acceptors (Lipinski definition) is 8. The van der Waals surface area contributed by atoms with Gasteiger partial charge in [-0.05, 0) is 147 Å². The third-order valence-electron chi connectivity index (χ3n) is 14.5. The van der Waals surface area contributed by atoms with Crippen LogP contribution in [0.3, 0.4) is 0 Å². The lowest BCUT2D eigenvalue weighted by Crippen LogP contribution is -2.33. The molecule has 5 aromatic heterocycles. The highest BCUT2D eigenvalue weighted by Crippen LogP contribution is 2.50. The molecule has 7 aromatic rings. The van der Waals surface area contributed by atoms with Crippen LogP contribution in [0.2, 0.25) is 0 Å². The monoisotopic (exact) mass is 1050 g/mol. The van der Waals surface area contributed by atoms with Gasteiger partial charge >= 0.3 is 0 Å². The Hall–Kier alpha value is -4.34. The summed E-state index contributed by atoms with van der Waals surface area (Å²) in [6.07, 6.45) is 27.7. The standard InChI is InChI=1S/C63H79N3O3S4/c1-6-11-15-19-27-44-37-50(38-49(43-64)63(67)65-69-58-33-25-26-36-68-58)70-60(44)55-41-46(29-21-17-13-8-3)62(72-55)57-42-47(30-22-18-14-9-4)61(73-57)56-40-45(28-20-16-12-7-2)59(71-56)48-34-35-54-52(39-48)51-31-23-24-32-53(51)66(54)10-5/h23-24,31-32,34-35,37-42,58H,6-22,25-30,33,36H2,1-5H3,(H,65,67)/b49-38+. The first-order valence-corrected chi connectivity index (χ1v) is 31.4. The van der Waals surface area contributed by atoms with Gasteiger partial charge < -0.3 is 9.30 Å². The van der Waals surface area contributed by atoms with E-state index in [1.54, 1.807) is 17.4 Å². The first-order chi connectivity index (χ1) is 35.9. The van der Waals surface area contributed by atoms with E-state index in [1.165, 1.54) is 180 Å². The minimum Gasteiger partial charge on any atom is -0.350 e. The number of para-hydroxylation sites is 1. The fourth-order valence-corrected chi connectivity index (χ4v) is 15.7. The van der Waals surface area contributed by atoms with Gasteiger partial charge in [0.05, 0.1) is 0 Å². The van der Waals surface area contributed by atoms with Crippen LogP contribution in [0.25, 0.3) is 67.6 Å². The third kappa shape index (κ3) is 13.9. The number of nitriles is 1. The lowest BCUT2D eigenvalue weighted by atomic mass is 10.0. The van der Waals surface area contributed by atoms with E-state index in [2.05, 4.69) is 117 Å². The molecule has 2 aromatic carbocycles. The van der Waals surface area contributed by atoms with Gasteiger partial charge in [0.25, 0.3) is 5.91 Å². The Kier molecular flexibility index (Phi) is 21.0. The number of unbranched alkanes of at least 4 members (excludes halogenated alkanes) is 12. The van der Waals surface area contributed by atoms with Crippen molar-refractivity contribution in [2.75, 3.05) is 6.61 Å². The maximum atomic E-state index is 13.3. The van der Waals surface area contributed by atoms with E-state index in [-0.39, 0.29) is 5.57 Å². The zero-order valence-electron chi connectivity index (χ0n) is 44.4. The largest absolute Gasteiger partial charge is 0.350 e. The fraction of sp³-hybridized carbons (Fsp3) is 0.492. The highest BCUT2D eigenvalue weighted by Gasteiger charge is 2.24. The molecule has 0 bridgehead atoms. The number of carbonyl (C=O) groups excluding carboxylic acids is 1. The van der Waals surface area contributed by atoms with Crippen molar-refractivity contribution in [2.24, 2.45) is 0 Å². The fourth-order valence-electron chi connectivity index (χ4n) is 10.5. The second-order valence-corrected chi connectivity index (χ2v) is 24.4.